The maximum Gasteiger partial charge on any atom is 0.226 e. The van der Waals surface area contributed by atoms with Gasteiger partial charge >= 0.3 is 0 Å². The Morgan fingerprint density at radius 1 is 1.00 bits per heavy atom. The summed E-state index contributed by atoms with van der Waals surface area (Å²) in [5.41, 5.74) is 4.53. The lowest BCUT2D eigenvalue weighted by atomic mass is 9.84. The van der Waals surface area contributed by atoms with Gasteiger partial charge < -0.3 is 10.1 Å². The monoisotopic (exact) mass is 508 g/mol. The maximum atomic E-state index is 13.7. The molecule has 3 aromatic carbocycles. The molecule has 0 bridgehead atoms. The summed E-state index contributed by atoms with van der Waals surface area (Å²) < 4.78 is 23.0. The number of hydrogen-bond acceptors (Lipinski definition) is 4. The molecule has 32 heavy (non-hydrogen) atoms. The lowest BCUT2D eigenvalue weighted by Crippen LogP contribution is -2.32. The van der Waals surface area contributed by atoms with Crippen LogP contribution in [-0.4, -0.2) is 14.8 Å². The molecule has 5 nitrogen and oxygen atoms in total. The van der Waals surface area contributed by atoms with E-state index in [4.69, 9.17) is 16.3 Å². The van der Waals surface area contributed by atoms with Gasteiger partial charge in [-0.1, -0.05) is 51.8 Å². The van der Waals surface area contributed by atoms with E-state index in [-0.39, 0.29) is 11.9 Å². The van der Waals surface area contributed by atoms with Crippen molar-refractivity contribution in [1.29, 1.82) is 0 Å². The van der Waals surface area contributed by atoms with Crippen molar-refractivity contribution in [3.8, 4) is 5.75 Å². The molecule has 6 rings (SSSR count). The highest BCUT2D eigenvalue weighted by atomic mass is 79.9. The highest BCUT2D eigenvalue weighted by molar-refractivity contribution is 9.10. The zero-order chi connectivity index (χ0) is 21.8. The van der Waals surface area contributed by atoms with Crippen molar-refractivity contribution in [2.45, 2.75) is 12.1 Å². The molecule has 8 heteroatoms. The minimum Gasteiger partial charge on any atom is -0.480 e. The predicted molar refractivity (Wildman–Crippen MR) is 124 cm³/mol. The van der Waals surface area contributed by atoms with E-state index >= 15 is 0 Å². The highest BCUT2D eigenvalue weighted by Gasteiger charge is 2.41. The van der Waals surface area contributed by atoms with Crippen LogP contribution in [0.1, 0.15) is 28.8 Å². The number of ether oxygens (including phenoxy) is 1. The molecule has 0 unspecified atom stereocenters. The van der Waals surface area contributed by atoms with Crippen molar-refractivity contribution in [1.82, 2.24) is 14.8 Å². The van der Waals surface area contributed by atoms with E-state index < -0.39 is 6.10 Å². The second-order valence-electron chi connectivity index (χ2n) is 7.63. The molecule has 0 amide bonds. The fraction of sp³-hybridized carbons (Fsp3) is 0.0833. The smallest absolute Gasteiger partial charge is 0.226 e. The van der Waals surface area contributed by atoms with Crippen molar-refractivity contribution in [3.05, 3.63) is 111 Å². The lowest BCUT2D eigenvalue weighted by molar-refractivity contribution is 0.223. The molecule has 2 aliphatic rings. The van der Waals surface area contributed by atoms with Gasteiger partial charge in [0.1, 0.15) is 30.0 Å². The van der Waals surface area contributed by atoms with E-state index in [1.54, 1.807) is 18.2 Å². The number of aromatic nitrogens is 3. The van der Waals surface area contributed by atoms with E-state index in [1.165, 1.54) is 18.5 Å². The standard InChI is InChI=1S/C24H15BrClFN4O/c25-15-5-1-13(2-6-15)22-20-21(30-24-28-12-29-31(22)24)18-11-16(26)7-10-19(18)32-23(20)14-3-8-17(27)9-4-14/h1-12,22-23H,(H,28,29,30)/t22-,23-/m0/s1. The van der Waals surface area contributed by atoms with E-state index in [9.17, 15) is 4.39 Å². The topological polar surface area (TPSA) is 52.0 Å². The van der Waals surface area contributed by atoms with Gasteiger partial charge in [-0.25, -0.2) is 9.07 Å². The molecule has 0 saturated carbocycles. The van der Waals surface area contributed by atoms with Crippen LogP contribution in [0.2, 0.25) is 5.02 Å². The molecule has 0 radical (unpaired) electrons. The summed E-state index contributed by atoms with van der Waals surface area (Å²) in [7, 11) is 0. The van der Waals surface area contributed by atoms with E-state index in [1.807, 2.05) is 41.1 Å². The normalized spacial score (nSPS) is 18.8. The molecular weight excluding hydrogens is 495 g/mol. The number of nitrogens with one attached hydrogen (secondary N) is 1. The molecule has 0 saturated heterocycles. The van der Waals surface area contributed by atoms with Crippen LogP contribution in [-0.2, 0) is 0 Å². The maximum absolute atomic E-state index is 13.7. The highest BCUT2D eigenvalue weighted by Crippen LogP contribution is 2.51. The van der Waals surface area contributed by atoms with Gasteiger partial charge in [0.25, 0.3) is 0 Å². The van der Waals surface area contributed by atoms with Crippen molar-refractivity contribution in [2.75, 3.05) is 5.32 Å². The Kier molecular flexibility index (Phi) is 4.55. The fourth-order valence-corrected chi connectivity index (χ4v) is 4.76. The van der Waals surface area contributed by atoms with Crippen LogP contribution < -0.4 is 10.1 Å². The molecule has 0 spiro atoms. The summed E-state index contributed by atoms with van der Waals surface area (Å²) in [6.45, 7) is 0. The minimum atomic E-state index is -0.460. The molecule has 2 atom stereocenters. The van der Waals surface area contributed by atoms with Crippen LogP contribution in [0.3, 0.4) is 0 Å². The summed E-state index contributed by atoms with van der Waals surface area (Å²) in [5.74, 6) is 1.02. The zero-order valence-corrected chi connectivity index (χ0v) is 18.8. The first kappa shape index (κ1) is 19.5. The number of rotatable bonds is 2. The van der Waals surface area contributed by atoms with Crippen LogP contribution in [0, 0.1) is 5.82 Å². The van der Waals surface area contributed by atoms with Gasteiger partial charge in [-0.3, -0.25) is 0 Å². The van der Waals surface area contributed by atoms with Gasteiger partial charge in [0.15, 0.2) is 0 Å². The van der Waals surface area contributed by atoms with Crippen LogP contribution in [0.5, 0.6) is 5.75 Å². The summed E-state index contributed by atoms with van der Waals surface area (Å²) >= 11 is 9.86. The van der Waals surface area contributed by atoms with Gasteiger partial charge in [0.2, 0.25) is 5.95 Å². The number of nitrogens with zero attached hydrogens (tertiary/aromatic N) is 3. The van der Waals surface area contributed by atoms with E-state index in [0.717, 1.165) is 32.4 Å². The number of anilines is 1. The van der Waals surface area contributed by atoms with Gasteiger partial charge in [-0.15, -0.1) is 0 Å². The van der Waals surface area contributed by atoms with Crippen LogP contribution >= 0.6 is 27.5 Å². The third-order valence-electron chi connectivity index (χ3n) is 5.73. The molecule has 0 fully saturated rings. The first-order valence-electron chi connectivity index (χ1n) is 9.96. The first-order valence-corrected chi connectivity index (χ1v) is 11.1. The SMILES string of the molecule is Fc1ccc([C@@H]2Oc3ccc(Cl)cc3C3=C2[C@H](c2ccc(Br)cc2)n2ncnc2N3)cc1. The number of fused-ring (bicyclic) bond motifs is 3. The Labute approximate surface area is 196 Å². The van der Waals surface area contributed by atoms with Crippen molar-refractivity contribution in [3.63, 3.8) is 0 Å². The molecule has 3 heterocycles. The van der Waals surface area contributed by atoms with Crippen LogP contribution in [0.25, 0.3) is 5.70 Å². The van der Waals surface area contributed by atoms with Gasteiger partial charge in [0.05, 0.1) is 5.70 Å². The van der Waals surface area contributed by atoms with Crippen molar-refractivity contribution < 1.29 is 9.13 Å². The molecule has 4 aromatic rings. The average Bonchev–Trinajstić information content (AvgIpc) is 3.27. The summed E-state index contributed by atoms with van der Waals surface area (Å²) in [5, 5.41) is 8.54. The van der Waals surface area contributed by atoms with Gasteiger partial charge in [-0.05, 0) is 53.6 Å². The third-order valence-corrected chi connectivity index (χ3v) is 6.50. The zero-order valence-electron chi connectivity index (χ0n) is 16.5. The van der Waals surface area contributed by atoms with Gasteiger partial charge in [-0.2, -0.15) is 10.1 Å². The van der Waals surface area contributed by atoms with E-state index in [2.05, 4.69) is 31.3 Å². The Morgan fingerprint density at radius 3 is 2.53 bits per heavy atom. The minimum absolute atomic E-state index is 0.279. The summed E-state index contributed by atoms with van der Waals surface area (Å²) in [6.07, 6.45) is 1.07. The second kappa shape index (κ2) is 7.46. The van der Waals surface area contributed by atoms with Crippen LogP contribution in [0.15, 0.2) is 83.1 Å². The number of benzene rings is 3. The Hall–Kier alpha value is -3.16. The number of halogens is 3. The molecule has 1 aromatic heterocycles. The first-order chi connectivity index (χ1) is 15.6. The lowest BCUT2D eigenvalue weighted by Gasteiger charge is -2.39. The predicted octanol–water partition coefficient (Wildman–Crippen LogP) is 6.39. The molecule has 2 aliphatic heterocycles. The quantitative estimate of drug-likeness (QED) is 0.340. The average molecular weight is 510 g/mol. The van der Waals surface area contributed by atoms with Crippen LogP contribution in [0.4, 0.5) is 10.3 Å². The van der Waals surface area contributed by atoms with Crippen molar-refractivity contribution in [2.24, 2.45) is 0 Å². The van der Waals surface area contributed by atoms with Crippen molar-refractivity contribution >= 4 is 39.2 Å². The molecule has 1 N–H and O–H groups in total. The third kappa shape index (κ3) is 3.12. The van der Waals surface area contributed by atoms with Gasteiger partial charge in [0, 0.05) is 20.6 Å². The largest absolute Gasteiger partial charge is 0.480 e. The molecule has 158 valence electrons. The van der Waals surface area contributed by atoms with E-state index in [0.29, 0.717) is 16.7 Å². The second-order valence-corrected chi connectivity index (χ2v) is 8.98. The Morgan fingerprint density at radius 2 is 1.75 bits per heavy atom. The molecule has 0 aliphatic carbocycles. The Balaban J connectivity index is 1.63. The molecular formula is C24H15BrClFN4O. The fourth-order valence-electron chi connectivity index (χ4n) is 4.32. The Bertz CT molecular complexity index is 1370. The summed E-state index contributed by atoms with van der Waals surface area (Å²) in [4.78, 5) is 4.42. The number of hydrogen-bond donors (Lipinski definition) is 1. The summed E-state index contributed by atoms with van der Waals surface area (Å²) in [6, 6.07) is 19.7.